The Morgan fingerprint density at radius 3 is 2.82 bits per heavy atom. The van der Waals surface area contributed by atoms with Crippen LogP contribution in [-0.2, 0) is 6.54 Å². The smallest absolute Gasteiger partial charge is 0.320 e. The molecule has 1 aromatic rings. The van der Waals surface area contributed by atoms with Crippen molar-refractivity contribution in [2.24, 2.45) is 0 Å². The van der Waals surface area contributed by atoms with E-state index in [0.29, 0.717) is 23.1 Å². The van der Waals surface area contributed by atoms with Crippen LogP contribution in [0, 0.1) is 0 Å². The largest absolute Gasteiger partial charge is 0.321 e. The van der Waals surface area contributed by atoms with Crippen LogP contribution in [0.3, 0.4) is 0 Å². The second kappa shape index (κ2) is 4.98. The van der Waals surface area contributed by atoms with Crippen molar-refractivity contribution >= 4 is 29.2 Å². The predicted molar refractivity (Wildman–Crippen MR) is 69.2 cm³/mol. The van der Waals surface area contributed by atoms with Crippen LogP contribution in [0.15, 0.2) is 30.5 Å². The van der Waals surface area contributed by atoms with E-state index in [2.05, 4.69) is 11.9 Å². The van der Waals surface area contributed by atoms with E-state index in [1.807, 2.05) is 6.07 Å². The van der Waals surface area contributed by atoms with E-state index in [0.717, 1.165) is 17.7 Å². The minimum absolute atomic E-state index is 0.132. The van der Waals surface area contributed by atoms with Crippen molar-refractivity contribution in [1.82, 2.24) is 10.2 Å². The first-order valence-electron chi connectivity index (χ1n) is 5.24. The van der Waals surface area contributed by atoms with Crippen LogP contribution in [0.4, 0.5) is 4.79 Å². The number of nitrogens with zero attached hydrogens (tertiary/aromatic N) is 1. The molecule has 2 rings (SSSR count). The summed E-state index contributed by atoms with van der Waals surface area (Å²) in [4.78, 5) is 13.4. The highest BCUT2D eigenvalue weighted by molar-refractivity contribution is 6.35. The molecule has 0 atom stereocenters. The monoisotopic (exact) mass is 270 g/mol. The molecular formula is C12H12Cl2N2O. The molecule has 5 heteroatoms. The zero-order valence-electron chi connectivity index (χ0n) is 9.17. The van der Waals surface area contributed by atoms with Crippen molar-refractivity contribution in [2.75, 3.05) is 6.54 Å². The van der Waals surface area contributed by atoms with Gasteiger partial charge in [0.15, 0.2) is 0 Å². The van der Waals surface area contributed by atoms with Gasteiger partial charge in [0.25, 0.3) is 0 Å². The SMILES string of the molecule is C=C1CCN(Cc2ccc(Cl)cc2Cl)C(=O)N1. The standard InChI is InChI=1S/C12H12Cl2N2O/c1-8-4-5-16(12(17)15-8)7-9-2-3-10(13)6-11(9)14/h2-3,6H,1,4-5,7H2,(H,15,17). The number of carbonyl (C=O) groups excluding carboxylic acids is 1. The van der Waals surface area contributed by atoms with Gasteiger partial charge in [0.1, 0.15) is 0 Å². The van der Waals surface area contributed by atoms with Crippen molar-refractivity contribution in [3.05, 3.63) is 46.1 Å². The lowest BCUT2D eigenvalue weighted by atomic mass is 10.2. The van der Waals surface area contributed by atoms with E-state index in [4.69, 9.17) is 23.2 Å². The van der Waals surface area contributed by atoms with Gasteiger partial charge in [-0.3, -0.25) is 0 Å². The van der Waals surface area contributed by atoms with Gasteiger partial charge in [-0.1, -0.05) is 35.8 Å². The Hall–Kier alpha value is -1.19. The summed E-state index contributed by atoms with van der Waals surface area (Å²) in [6.07, 6.45) is 0.761. The molecule has 1 aliphatic rings. The van der Waals surface area contributed by atoms with Gasteiger partial charge in [-0.05, 0) is 17.7 Å². The van der Waals surface area contributed by atoms with Crippen molar-refractivity contribution in [2.45, 2.75) is 13.0 Å². The van der Waals surface area contributed by atoms with Gasteiger partial charge >= 0.3 is 6.03 Å². The van der Waals surface area contributed by atoms with E-state index in [1.165, 1.54) is 0 Å². The van der Waals surface area contributed by atoms with Crippen molar-refractivity contribution in [3.63, 3.8) is 0 Å². The first-order chi connectivity index (χ1) is 8.06. The van der Waals surface area contributed by atoms with Gasteiger partial charge in [-0.2, -0.15) is 0 Å². The maximum Gasteiger partial charge on any atom is 0.321 e. The average Bonchev–Trinajstić information content (AvgIpc) is 2.25. The molecule has 1 heterocycles. The number of amides is 2. The zero-order chi connectivity index (χ0) is 12.4. The molecule has 0 bridgehead atoms. The third kappa shape index (κ3) is 2.93. The highest BCUT2D eigenvalue weighted by Crippen LogP contribution is 2.23. The molecule has 1 saturated heterocycles. The molecule has 0 spiro atoms. The minimum Gasteiger partial charge on any atom is -0.320 e. The molecule has 0 unspecified atom stereocenters. The number of benzene rings is 1. The average molecular weight is 271 g/mol. The number of urea groups is 1. The number of carbonyl (C=O) groups is 1. The predicted octanol–water partition coefficient (Wildman–Crippen LogP) is 3.42. The number of halogens is 2. The van der Waals surface area contributed by atoms with Crippen LogP contribution in [0.2, 0.25) is 10.0 Å². The van der Waals surface area contributed by atoms with Crippen LogP contribution in [0.1, 0.15) is 12.0 Å². The minimum atomic E-state index is -0.132. The number of nitrogens with one attached hydrogen (secondary N) is 1. The summed E-state index contributed by atoms with van der Waals surface area (Å²) >= 11 is 11.9. The molecule has 0 aromatic heterocycles. The normalized spacial score (nSPS) is 16.0. The Labute approximate surface area is 110 Å². The summed E-state index contributed by atoms with van der Waals surface area (Å²) in [5.74, 6) is 0. The van der Waals surface area contributed by atoms with Crippen LogP contribution in [0.25, 0.3) is 0 Å². The van der Waals surface area contributed by atoms with Crippen molar-refractivity contribution in [1.29, 1.82) is 0 Å². The maximum absolute atomic E-state index is 11.7. The van der Waals surface area contributed by atoms with Crippen LogP contribution >= 0.6 is 23.2 Å². The molecule has 3 nitrogen and oxygen atoms in total. The Morgan fingerprint density at radius 2 is 2.18 bits per heavy atom. The van der Waals surface area contributed by atoms with Crippen LogP contribution < -0.4 is 5.32 Å². The number of rotatable bonds is 2. The summed E-state index contributed by atoms with van der Waals surface area (Å²) < 4.78 is 0. The van der Waals surface area contributed by atoms with Crippen LogP contribution in [-0.4, -0.2) is 17.5 Å². The van der Waals surface area contributed by atoms with Gasteiger partial charge in [-0.25, -0.2) is 4.79 Å². The number of hydrogen-bond acceptors (Lipinski definition) is 1. The number of hydrogen-bond donors (Lipinski definition) is 1. The molecule has 90 valence electrons. The van der Waals surface area contributed by atoms with Gasteiger partial charge in [0.2, 0.25) is 0 Å². The Morgan fingerprint density at radius 1 is 1.41 bits per heavy atom. The lowest BCUT2D eigenvalue weighted by Crippen LogP contribution is -2.44. The summed E-state index contributed by atoms with van der Waals surface area (Å²) in [6.45, 7) is 4.87. The molecule has 0 saturated carbocycles. The van der Waals surface area contributed by atoms with E-state index < -0.39 is 0 Å². The highest BCUT2D eigenvalue weighted by atomic mass is 35.5. The lowest BCUT2D eigenvalue weighted by molar-refractivity contribution is 0.190. The molecular weight excluding hydrogens is 259 g/mol. The molecule has 0 radical (unpaired) electrons. The third-order valence-electron chi connectivity index (χ3n) is 2.63. The summed E-state index contributed by atoms with van der Waals surface area (Å²) in [5, 5.41) is 3.88. The quantitative estimate of drug-likeness (QED) is 0.878. The maximum atomic E-state index is 11.7. The lowest BCUT2D eigenvalue weighted by Gasteiger charge is -2.28. The third-order valence-corrected chi connectivity index (χ3v) is 3.22. The summed E-state index contributed by atoms with van der Waals surface area (Å²) in [6, 6.07) is 5.15. The first kappa shape index (κ1) is 12.3. The molecule has 1 fully saturated rings. The first-order valence-corrected chi connectivity index (χ1v) is 5.99. The van der Waals surface area contributed by atoms with Gasteiger partial charge in [-0.15, -0.1) is 0 Å². The molecule has 0 aliphatic carbocycles. The van der Waals surface area contributed by atoms with Crippen LogP contribution in [0.5, 0.6) is 0 Å². The van der Waals surface area contributed by atoms with Gasteiger partial charge in [0, 0.05) is 35.3 Å². The van der Waals surface area contributed by atoms with Crippen molar-refractivity contribution in [3.8, 4) is 0 Å². The van der Waals surface area contributed by atoms with E-state index in [-0.39, 0.29) is 6.03 Å². The second-order valence-corrected chi connectivity index (χ2v) is 4.78. The second-order valence-electron chi connectivity index (χ2n) is 3.94. The fourth-order valence-electron chi connectivity index (χ4n) is 1.67. The van der Waals surface area contributed by atoms with E-state index in [9.17, 15) is 4.79 Å². The molecule has 1 N–H and O–H groups in total. The molecule has 1 aromatic carbocycles. The van der Waals surface area contributed by atoms with E-state index in [1.54, 1.807) is 17.0 Å². The summed E-state index contributed by atoms with van der Waals surface area (Å²) in [5.41, 5.74) is 1.65. The highest BCUT2D eigenvalue weighted by Gasteiger charge is 2.20. The van der Waals surface area contributed by atoms with E-state index >= 15 is 0 Å². The molecule has 1 aliphatic heterocycles. The zero-order valence-corrected chi connectivity index (χ0v) is 10.7. The fourth-order valence-corrected chi connectivity index (χ4v) is 2.14. The summed E-state index contributed by atoms with van der Waals surface area (Å²) in [7, 11) is 0. The molecule has 2 amide bonds. The van der Waals surface area contributed by atoms with Crippen molar-refractivity contribution < 1.29 is 4.79 Å². The Balaban J connectivity index is 2.10. The molecule has 17 heavy (non-hydrogen) atoms. The Kier molecular flexibility index (Phi) is 3.60. The topological polar surface area (TPSA) is 32.3 Å². The fraction of sp³-hybridized carbons (Fsp3) is 0.250. The van der Waals surface area contributed by atoms with Gasteiger partial charge in [0.05, 0.1) is 0 Å². The Bertz CT molecular complexity index is 474. The van der Waals surface area contributed by atoms with Gasteiger partial charge < -0.3 is 10.2 Å².